The van der Waals surface area contributed by atoms with Crippen LogP contribution >= 0.6 is 0 Å². The molecule has 3 aliphatic carbocycles. The summed E-state index contributed by atoms with van der Waals surface area (Å²) in [7, 11) is 0. The molecule has 316 valence electrons. The second kappa shape index (κ2) is 15.3. The minimum Gasteiger partial charge on any atom is -0.490 e. The van der Waals surface area contributed by atoms with Gasteiger partial charge in [-0.15, -0.1) is 0 Å². The number of alkyl halides is 5. The fraction of sp³-hybridized carbons (Fsp3) is 0.548. The number of carboxylic acid groups (broad SMARTS) is 1. The first-order chi connectivity index (χ1) is 27.9. The second-order valence-corrected chi connectivity index (χ2v) is 17.1. The Kier molecular flexibility index (Phi) is 10.5. The molecule has 59 heavy (non-hydrogen) atoms. The van der Waals surface area contributed by atoms with Crippen molar-refractivity contribution in [2.24, 2.45) is 23.7 Å². The topological polar surface area (TPSA) is 122 Å². The van der Waals surface area contributed by atoms with Crippen LogP contribution in [0.1, 0.15) is 100 Å². The zero-order chi connectivity index (χ0) is 42.0. The molecule has 8 rings (SSSR count). The van der Waals surface area contributed by atoms with E-state index in [0.29, 0.717) is 61.8 Å². The van der Waals surface area contributed by atoms with E-state index < -0.39 is 70.3 Å². The summed E-state index contributed by atoms with van der Waals surface area (Å²) in [4.78, 5) is 40.5. The maximum absolute atomic E-state index is 14.9. The number of aliphatic carboxylic acids is 1. The molecular weight excluding hydrogens is 785 g/mol. The number of carboxylic acids is 1. The van der Waals surface area contributed by atoms with Crippen LogP contribution in [0, 0.1) is 35.3 Å². The number of nitrogens with zero attached hydrogens (tertiary/aromatic N) is 5. The Bertz CT molecular complexity index is 2250. The summed E-state index contributed by atoms with van der Waals surface area (Å²) < 4.78 is 109. The molecule has 4 fully saturated rings. The lowest BCUT2D eigenvalue weighted by Gasteiger charge is -2.52. The van der Waals surface area contributed by atoms with Crippen LogP contribution in [-0.2, 0) is 11.0 Å². The van der Waals surface area contributed by atoms with Crippen molar-refractivity contribution in [3.63, 3.8) is 0 Å². The first-order valence-corrected chi connectivity index (χ1v) is 20.2. The molecule has 17 heteroatoms. The zero-order valence-electron chi connectivity index (χ0n) is 32.5. The van der Waals surface area contributed by atoms with E-state index in [1.807, 2.05) is 6.92 Å². The van der Waals surface area contributed by atoms with Gasteiger partial charge in [-0.25, -0.2) is 37.3 Å². The molecule has 4 aromatic rings. The number of amides is 1. The van der Waals surface area contributed by atoms with Gasteiger partial charge < -0.3 is 24.6 Å². The number of carbonyl (C=O) groups is 2. The van der Waals surface area contributed by atoms with Crippen LogP contribution in [-0.4, -0.2) is 67.2 Å². The van der Waals surface area contributed by atoms with E-state index in [1.165, 1.54) is 0 Å². The van der Waals surface area contributed by atoms with E-state index in [9.17, 15) is 45.4 Å². The molecule has 0 radical (unpaired) electrons. The Morgan fingerprint density at radius 3 is 2.36 bits per heavy atom. The van der Waals surface area contributed by atoms with Gasteiger partial charge in [-0.2, -0.15) is 13.2 Å². The second-order valence-electron chi connectivity index (χ2n) is 17.1. The number of benzene rings is 1. The van der Waals surface area contributed by atoms with Gasteiger partial charge in [0, 0.05) is 80.3 Å². The Morgan fingerprint density at radius 1 is 0.949 bits per heavy atom. The number of hydrogen-bond donors (Lipinski definition) is 2. The molecule has 4 aliphatic rings. The van der Waals surface area contributed by atoms with Gasteiger partial charge in [0.15, 0.2) is 23.2 Å². The molecule has 10 nitrogen and oxygen atoms in total. The number of aromatic nitrogens is 4. The van der Waals surface area contributed by atoms with Gasteiger partial charge >= 0.3 is 12.1 Å². The van der Waals surface area contributed by atoms with Gasteiger partial charge in [0.25, 0.3) is 5.91 Å². The lowest BCUT2D eigenvalue weighted by Crippen LogP contribution is -2.66. The molecule has 5 unspecified atom stereocenters. The van der Waals surface area contributed by atoms with Crippen LogP contribution in [0.4, 0.5) is 36.6 Å². The molecule has 1 aliphatic heterocycles. The summed E-state index contributed by atoms with van der Waals surface area (Å²) in [5.74, 6) is -7.35. The van der Waals surface area contributed by atoms with E-state index >= 15 is 0 Å². The van der Waals surface area contributed by atoms with Gasteiger partial charge in [0.05, 0.1) is 17.3 Å². The SMILES string of the molecule is CC1CC2CC(C)C(NC(=O)c3cnc(-c4cn(C5CCC(F)(F)CC5)c5cc(OC6CCN(c7ncc(F)cc7F)CC6)ccc45)nc3C(F)(F)F)(C(=O)O)C(C1)C2. The highest BCUT2D eigenvalue weighted by Gasteiger charge is 2.57. The third kappa shape index (κ3) is 7.81. The van der Waals surface area contributed by atoms with E-state index in [-0.39, 0.29) is 60.8 Å². The van der Waals surface area contributed by atoms with E-state index in [0.717, 1.165) is 24.9 Å². The number of piperidine rings is 1. The van der Waals surface area contributed by atoms with Crippen LogP contribution in [0.25, 0.3) is 22.3 Å². The van der Waals surface area contributed by atoms with Crippen LogP contribution in [0.5, 0.6) is 5.75 Å². The third-order valence-corrected chi connectivity index (χ3v) is 13.1. The van der Waals surface area contributed by atoms with Crippen molar-refractivity contribution >= 4 is 28.6 Å². The first-order valence-electron chi connectivity index (χ1n) is 20.2. The van der Waals surface area contributed by atoms with Gasteiger partial charge in [-0.05, 0) is 74.3 Å². The highest BCUT2D eigenvalue weighted by atomic mass is 19.4. The molecule has 2 N–H and O–H groups in total. The minimum absolute atomic E-state index is 0.0408. The molecule has 3 aromatic heterocycles. The molecule has 1 amide bonds. The fourth-order valence-electron chi connectivity index (χ4n) is 10.3. The maximum atomic E-state index is 14.9. The Balaban J connectivity index is 1.10. The highest BCUT2D eigenvalue weighted by Crippen LogP contribution is 2.51. The van der Waals surface area contributed by atoms with E-state index in [2.05, 4.69) is 20.3 Å². The summed E-state index contributed by atoms with van der Waals surface area (Å²) in [5, 5.41) is 13.5. The third-order valence-electron chi connectivity index (χ3n) is 13.1. The van der Waals surface area contributed by atoms with Crippen molar-refractivity contribution < 1.29 is 50.2 Å². The lowest BCUT2D eigenvalue weighted by molar-refractivity contribution is -0.155. The van der Waals surface area contributed by atoms with Crippen LogP contribution < -0.4 is 15.0 Å². The van der Waals surface area contributed by atoms with Crippen molar-refractivity contribution in [3.8, 4) is 17.1 Å². The van der Waals surface area contributed by atoms with E-state index in [4.69, 9.17) is 4.74 Å². The fourth-order valence-corrected chi connectivity index (χ4v) is 10.3. The number of rotatable bonds is 8. The van der Waals surface area contributed by atoms with Crippen molar-refractivity contribution in [1.82, 2.24) is 24.8 Å². The lowest BCUT2D eigenvalue weighted by atomic mass is 9.56. The van der Waals surface area contributed by atoms with Gasteiger partial charge in [0.1, 0.15) is 23.2 Å². The van der Waals surface area contributed by atoms with Crippen molar-refractivity contribution in [3.05, 3.63) is 65.7 Å². The maximum Gasteiger partial charge on any atom is 0.434 e. The van der Waals surface area contributed by atoms with Gasteiger partial charge in [-0.1, -0.05) is 13.8 Å². The quantitative estimate of drug-likeness (QED) is 0.169. The Morgan fingerprint density at radius 2 is 1.68 bits per heavy atom. The largest absolute Gasteiger partial charge is 0.490 e. The Labute approximate surface area is 335 Å². The van der Waals surface area contributed by atoms with Gasteiger partial charge in [-0.3, -0.25) is 4.79 Å². The number of anilines is 1. The minimum atomic E-state index is -5.13. The molecule has 3 saturated carbocycles. The monoisotopic (exact) mass is 830 g/mol. The summed E-state index contributed by atoms with van der Waals surface area (Å²) in [6.07, 6.45) is 0.741. The number of nitrogens with one attached hydrogen (secondary N) is 1. The van der Waals surface area contributed by atoms with E-state index in [1.54, 1.807) is 40.8 Å². The van der Waals surface area contributed by atoms with Crippen molar-refractivity contribution in [1.29, 1.82) is 0 Å². The molecule has 5 atom stereocenters. The normalized spacial score (nSPS) is 26.5. The summed E-state index contributed by atoms with van der Waals surface area (Å²) in [6, 6.07) is 5.31. The van der Waals surface area contributed by atoms with Crippen molar-refractivity contribution in [2.75, 3.05) is 18.0 Å². The molecular formula is C42H45F7N6O4. The summed E-state index contributed by atoms with van der Waals surface area (Å²) >= 11 is 0. The smallest absolute Gasteiger partial charge is 0.434 e. The molecule has 0 spiro atoms. The zero-order valence-corrected chi connectivity index (χ0v) is 32.5. The number of carbonyl (C=O) groups excluding carboxylic acids is 1. The first kappa shape index (κ1) is 40.8. The number of fused-ring (bicyclic) bond motifs is 3. The van der Waals surface area contributed by atoms with Crippen molar-refractivity contribution in [2.45, 2.75) is 108 Å². The number of hydrogen-bond acceptors (Lipinski definition) is 7. The number of ether oxygens (including phenoxy) is 1. The predicted molar refractivity (Wildman–Crippen MR) is 202 cm³/mol. The number of pyridine rings is 1. The average Bonchev–Trinajstić information content (AvgIpc) is 3.54. The highest BCUT2D eigenvalue weighted by molar-refractivity contribution is 6.00. The molecule has 4 heterocycles. The average molecular weight is 831 g/mol. The molecule has 1 saturated heterocycles. The van der Waals surface area contributed by atoms with Crippen LogP contribution in [0.3, 0.4) is 0 Å². The summed E-state index contributed by atoms with van der Waals surface area (Å²) in [5.41, 5.74) is -3.54. The number of halogens is 7. The van der Waals surface area contributed by atoms with Crippen LogP contribution in [0.15, 0.2) is 42.9 Å². The molecule has 1 aromatic carbocycles. The summed E-state index contributed by atoms with van der Waals surface area (Å²) in [6.45, 7) is 4.48. The standard InChI is InChI=1S/C42H45F7N6O4/c1-22-13-24-15-23(2)41(39(57)58,25(14-22)16-24)53-38(56)31-20-50-36(52-35(31)42(47,48)49)32-21-55(27-5-9-40(45,46)10-6-27)34-18-29(3-4-30(32)34)59-28-7-11-54(12-8-28)37-33(44)17-26(43)19-51-37/h3-4,17-25,27-28H,5-16H2,1-2H3,(H,53,56)(H,57,58). The predicted octanol–water partition coefficient (Wildman–Crippen LogP) is 9.23. The Hall–Kier alpha value is -4.96. The van der Waals surface area contributed by atoms with Crippen LogP contribution in [0.2, 0.25) is 0 Å². The molecule has 2 bridgehead atoms. The van der Waals surface area contributed by atoms with Gasteiger partial charge in [0.2, 0.25) is 5.92 Å².